The fourth-order valence-electron chi connectivity index (χ4n) is 3.32. The Morgan fingerprint density at radius 1 is 1.18 bits per heavy atom. The summed E-state index contributed by atoms with van der Waals surface area (Å²) in [5, 5.41) is 17.4. The van der Waals surface area contributed by atoms with Crippen molar-refractivity contribution < 1.29 is 14.5 Å². The van der Waals surface area contributed by atoms with Crippen LogP contribution in [-0.4, -0.2) is 66.0 Å². The zero-order chi connectivity index (χ0) is 20.1. The molecule has 1 aromatic carbocycles. The van der Waals surface area contributed by atoms with Gasteiger partial charge in [-0.05, 0) is 19.1 Å². The van der Waals surface area contributed by atoms with Gasteiger partial charge in [0.15, 0.2) is 0 Å². The summed E-state index contributed by atoms with van der Waals surface area (Å²) in [6.07, 6.45) is 3.14. The molecule has 1 aliphatic rings. The second-order valence-electron chi connectivity index (χ2n) is 6.45. The Labute approximate surface area is 161 Å². The molecule has 0 unspecified atom stereocenters. The van der Waals surface area contributed by atoms with Crippen molar-refractivity contribution in [3.8, 4) is 0 Å². The molecule has 2 N–H and O–H groups in total. The lowest BCUT2D eigenvalue weighted by Gasteiger charge is -2.36. The molecule has 1 aliphatic heterocycles. The molecule has 10 nitrogen and oxygen atoms in total. The molecule has 0 bridgehead atoms. The predicted molar refractivity (Wildman–Crippen MR) is 104 cm³/mol. The largest absolute Gasteiger partial charge is 0.368 e. The Kier molecular flexibility index (Phi) is 5.99. The first-order valence-corrected chi connectivity index (χ1v) is 9.05. The molecule has 2 heterocycles. The molecule has 0 spiro atoms. The maximum atomic E-state index is 11.9. The standard InChI is InChI=1S/C18H22N6O4/c1-2-20-18(26)21-17(25)12-22-7-9-23(10-8-22)15-3-4-16(24(27)28)14-11-19-6-5-13(14)15/h3-6,11H,2,7-10,12H2,1H3,(H2,20,21,25,26). The number of nitrogens with zero attached hydrogens (tertiary/aromatic N) is 4. The summed E-state index contributed by atoms with van der Waals surface area (Å²) < 4.78 is 0. The summed E-state index contributed by atoms with van der Waals surface area (Å²) in [6.45, 7) is 5.01. The van der Waals surface area contributed by atoms with Gasteiger partial charge in [0.2, 0.25) is 5.91 Å². The zero-order valence-electron chi connectivity index (χ0n) is 15.6. The van der Waals surface area contributed by atoms with Gasteiger partial charge in [-0.15, -0.1) is 0 Å². The number of rotatable bonds is 5. The molecule has 3 amide bonds. The third kappa shape index (κ3) is 4.34. The van der Waals surface area contributed by atoms with Crippen LogP contribution in [0.4, 0.5) is 16.2 Å². The molecule has 148 valence electrons. The van der Waals surface area contributed by atoms with E-state index in [-0.39, 0.29) is 18.1 Å². The second kappa shape index (κ2) is 8.61. The van der Waals surface area contributed by atoms with Crippen molar-refractivity contribution in [3.63, 3.8) is 0 Å². The average Bonchev–Trinajstić information content (AvgIpc) is 2.67. The van der Waals surface area contributed by atoms with E-state index in [2.05, 4.69) is 20.5 Å². The van der Waals surface area contributed by atoms with Crippen LogP contribution in [0.2, 0.25) is 0 Å². The number of nitro benzene ring substituents is 1. The molecule has 2 aromatic rings. The quantitative estimate of drug-likeness (QED) is 0.583. The van der Waals surface area contributed by atoms with Crippen LogP contribution in [0.1, 0.15) is 6.92 Å². The third-order valence-electron chi connectivity index (χ3n) is 4.64. The van der Waals surface area contributed by atoms with Gasteiger partial charge in [0.25, 0.3) is 5.69 Å². The number of pyridine rings is 1. The minimum atomic E-state index is -0.489. The number of piperazine rings is 1. The molecule has 1 aromatic heterocycles. The number of benzene rings is 1. The lowest BCUT2D eigenvalue weighted by atomic mass is 10.1. The van der Waals surface area contributed by atoms with Gasteiger partial charge < -0.3 is 10.2 Å². The first kappa shape index (κ1) is 19.5. The molecule has 0 atom stereocenters. The third-order valence-corrected chi connectivity index (χ3v) is 4.64. The van der Waals surface area contributed by atoms with Crippen LogP contribution in [0.3, 0.4) is 0 Å². The Morgan fingerprint density at radius 3 is 2.61 bits per heavy atom. The smallest absolute Gasteiger partial charge is 0.321 e. The lowest BCUT2D eigenvalue weighted by molar-refractivity contribution is -0.383. The summed E-state index contributed by atoms with van der Waals surface area (Å²) in [7, 11) is 0. The highest BCUT2D eigenvalue weighted by Crippen LogP contribution is 2.33. The van der Waals surface area contributed by atoms with E-state index in [9.17, 15) is 19.7 Å². The summed E-state index contributed by atoms with van der Waals surface area (Å²) in [4.78, 5) is 42.3. The molecule has 1 saturated heterocycles. The predicted octanol–water partition coefficient (Wildman–Crippen LogP) is 1.11. The van der Waals surface area contributed by atoms with E-state index >= 15 is 0 Å². The number of urea groups is 1. The topological polar surface area (TPSA) is 121 Å². The van der Waals surface area contributed by atoms with Crippen LogP contribution >= 0.6 is 0 Å². The minimum absolute atomic E-state index is 0.0347. The Hall–Kier alpha value is -3.27. The van der Waals surface area contributed by atoms with Crippen molar-refractivity contribution in [1.29, 1.82) is 0 Å². The molecule has 3 rings (SSSR count). The number of carbonyl (C=O) groups is 2. The van der Waals surface area contributed by atoms with Crippen LogP contribution in [0.15, 0.2) is 30.6 Å². The van der Waals surface area contributed by atoms with E-state index in [1.54, 1.807) is 25.3 Å². The Morgan fingerprint density at radius 2 is 1.93 bits per heavy atom. The summed E-state index contributed by atoms with van der Waals surface area (Å²) in [5.74, 6) is -0.341. The van der Waals surface area contributed by atoms with Crippen LogP contribution in [-0.2, 0) is 4.79 Å². The molecular formula is C18H22N6O4. The van der Waals surface area contributed by atoms with Crippen molar-refractivity contribution in [2.75, 3.05) is 44.2 Å². The van der Waals surface area contributed by atoms with Crippen molar-refractivity contribution in [3.05, 3.63) is 40.7 Å². The van der Waals surface area contributed by atoms with E-state index in [1.807, 2.05) is 4.90 Å². The normalized spacial score (nSPS) is 14.7. The van der Waals surface area contributed by atoms with Crippen molar-refractivity contribution >= 4 is 34.1 Å². The number of carbonyl (C=O) groups excluding carboxylic acids is 2. The SMILES string of the molecule is CCNC(=O)NC(=O)CN1CCN(c2ccc([N+](=O)[O-])c3cnccc23)CC1. The number of nitro groups is 1. The summed E-state index contributed by atoms with van der Waals surface area (Å²) in [6, 6.07) is 4.56. The first-order chi connectivity index (χ1) is 13.5. The van der Waals surface area contributed by atoms with E-state index < -0.39 is 11.0 Å². The van der Waals surface area contributed by atoms with E-state index in [0.717, 1.165) is 11.1 Å². The van der Waals surface area contributed by atoms with Crippen LogP contribution < -0.4 is 15.5 Å². The highest BCUT2D eigenvalue weighted by molar-refractivity contribution is 5.99. The first-order valence-electron chi connectivity index (χ1n) is 9.05. The van der Waals surface area contributed by atoms with Gasteiger partial charge in [0.05, 0.1) is 16.9 Å². The van der Waals surface area contributed by atoms with Gasteiger partial charge in [-0.3, -0.25) is 30.1 Å². The van der Waals surface area contributed by atoms with Gasteiger partial charge in [-0.1, -0.05) is 0 Å². The van der Waals surface area contributed by atoms with Gasteiger partial charge in [0, 0.05) is 62.3 Å². The molecule has 0 aliphatic carbocycles. The zero-order valence-corrected chi connectivity index (χ0v) is 15.6. The highest BCUT2D eigenvalue weighted by Gasteiger charge is 2.23. The van der Waals surface area contributed by atoms with Gasteiger partial charge in [-0.2, -0.15) is 0 Å². The lowest BCUT2D eigenvalue weighted by Crippen LogP contribution is -2.51. The van der Waals surface area contributed by atoms with Crippen molar-refractivity contribution in [2.24, 2.45) is 0 Å². The summed E-state index contributed by atoms with van der Waals surface area (Å²) in [5.41, 5.74) is 0.946. The number of anilines is 1. The Bertz CT molecular complexity index is 895. The number of amides is 3. The van der Waals surface area contributed by atoms with Crippen molar-refractivity contribution in [2.45, 2.75) is 6.92 Å². The maximum Gasteiger partial charge on any atom is 0.321 e. The van der Waals surface area contributed by atoms with E-state index in [0.29, 0.717) is 38.1 Å². The Balaban J connectivity index is 1.66. The number of nitrogens with one attached hydrogen (secondary N) is 2. The summed E-state index contributed by atoms with van der Waals surface area (Å²) >= 11 is 0. The van der Waals surface area contributed by atoms with Crippen LogP contribution in [0.25, 0.3) is 10.8 Å². The number of fused-ring (bicyclic) bond motifs is 1. The van der Waals surface area contributed by atoms with E-state index in [1.165, 1.54) is 12.3 Å². The van der Waals surface area contributed by atoms with Crippen LogP contribution in [0, 0.1) is 10.1 Å². The number of hydrogen-bond acceptors (Lipinski definition) is 7. The minimum Gasteiger partial charge on any atom is -0.368 e. The van der Waals surface area contributed by atoms with Gasteiger partial charge in [0.1, 0.15) is 0 Å². The molecule has 10 heteroatoms. The van der Waals surface area contributed by atoms with Crippen LogP contribution in [0.5, 0.6) is 0 Å². The molecule has 28 heavy (non-hydrogen) atoms. The molecule has 0 radical (unpaired) electrons. The fourth-order valence-corrected chi connectivity index (χ4v) is 3.32. The van der Waals surface area contributed by atoms with Gasteiger partial charge >= 0.3 is 6.03 Å². The highest BCUT2D eigenvalue weighted by atomic mass is 16.6. The second-order valence-corrected chi connectivity index (χ2v) is 6.45. The fraction of sp³-hybridized carbons (Fsp3) is 0.389. The monoisotopic (exact) mass is 386 g/mol. The van der Waals surface area contributed by atoms with E-state index in [4.69, 9.17) is 0 Å². The number of non-ortho nitro benzene ring substituents is 1. The average molecular weight is 386 g/mol. The molecular weight excluding hydrogens is 364 g/mol. The molecule has 1 fully saturated rings. The number of aromatic nitrogens is 1. The number of hydrogen-bond donors (Lipinski definition) is 2. The number of imide groups is 1. The molecule has 0 saturated carbocycles. The maximum absolute atomic E-state index is 11.9. The van der Waals surface area contributed by atoms with Crippen molar-refractivity contribution in [1.82, 2.24) is 20.5 Å². The van der Waals surface area contributed by atoms with Gasteiger partial charge in [-0.25, -0.2) is 4.79 Å².